The highest BCUT2D eigenvalue weighted by molar-refractivity contribution is 7.99. The summed E-state index contributed by atoms with van der Waals surface area (Å²) in [7, 11) is 0. The number of hydrogen-bond donors (Lipinski definition) is 2. The summed E-state index contributed by atoms with van der Waals surface area (Å²) in [5, 5.41) is 8.51. The molecule has 0 aliphatic rings. The largest absolute Gasteiger partial charge is 0.481 e. The smallest absolute Gasteiger partial charge is 0.326 e. The molecule has 1 aromatic heterocycles. The molecule has 0 amide bonds. The lowest BCUT2D eigenvalue weighted by atomic mass is 10.3. The van der Waals surface area contributed by atoms with Gasteiger partial charge < -0.3 is 10.1 Å². The Morgan fingerprint density at radius 3 is 2.89 bits per heavy atom. The summed E-state index contributed by atoms with van der Waals surface area (Å²) < 4.78 is 1.73. The van der Waals surface area contributed by atoms with E-state index in [1.165, 1.54) is 0 Å². The highest BCUT2D eigenvalue weighted by Gasteiger charge is 2.05. The number of imidazole rings is 1. The third-order valence-corrected chi connectivity index (χ3v) is 3.88. The first-order valence-electron chi connectivity index (χ1n) is 6.15. The number of nitrogens with zero attached hydrogens (tertiary/aromatic N) is 1. The minimum absolute atomic E-state index is 0.0864. The molecule has 0 spiro atoms. The molecule has 0 unspecified atom stereocenters. The number of aliphatic carboxylic acids is 1. The Morgan fingerprint density at radius 1 is 1.32 bits per heavy atom. The highest BCUT2D eigenvalue weighted by Crippen LogP contribution is 2.11. The number of para-hydroxylation sites is 2. The van der Waals surface area contributed by atoms with Crippen molar-refractivity contribution in [3.63, 3.8) is 0 Å². The lowest BCUT2D eigenvalue weighted by molar-refractivity contribution is -0.136. The fourth-order valence-electron chi connectivity index (χ4n) is 1.92. The number of rotatable bonds is 7. The Morgan fingerprint density at radius 2 is 2.11 bits per heavy atom. The van der Waals surface area contributed by atoms with Gasteiger partial charge in [-0.1, -0.05) is 12.1 Å². The van der Waals surface area contributed by atoms with Crippen molar-refractivity contribution >= 4 is 28.8 Å². The Hall–Kier alpha value is -1.69. The molecule has 0 bridgehead atoms. The average molecular weight is 280 g/mol. The van der Waals surface area contributed by atoms with Gasteiger partial charge in [0, 0.05) is 12.3 Å². The van der Waals surface area contributed by atoms with Crippen LogP contribution in [-0.2, 0) is 11.3 Å². The van der Waals surface area contributed by atoms with E-state index in [9.17, 15) is 9.59 Å². The number of aromatic nitrogens is 2. The number of nitrogens with one attached hydrogen (secondary N) is 1. The van der Waals surface area contributed by atoms with E-state index in [0.717, 1.165) is 23.2 Å². The lowest BCUT2D eigenvalue weighted by Crippen LogP contribution is -2.17. The molecule has 2 rings (SSSR count). The van der Waals surface area contributed by atoms with Crippen LogP contribution in [0.5, 0.6) is 0 Å². The first kappa shape index (κ1) is 13.7. The number of carboxylic acid groups (broad SMARTS) is 1. The van der Waals surface area contributed by atoms with E-state index in [-0.39, 0.29) is 12.1 Å². The number of H-pyrrole nitrogens is 1. The topological polar surface area (TPSA) is 75.1 Å². The van der Waals surface area contributed by atoms with Crippen LogP contribution < -0.4 is 5.69 Å². The second-order valence-corrected chi connectivity index (χ2v) is 5.43. The predicted molar refractivity (Wildman–Crippen MR) is 76.8 cm³/mol. The van der Waals surface area contributed by atoms with Gasteiger partial charge in [0.15, 0.2) is 0 Å². The predicted octanol–water partition coefficient (Wildman–Crippen LogP) is 1.93. The second kappa shape index (κ2) is 6.47. The molecule has 0 saturated carbocycles. The standard InChI is InChI=1S/C13H16N2O3S/c16-12(17)6-9-19-8-3-7-15-11-5-2-1-4-10(11)14-13(15)18/h1-2,4-5H,3,6-9H2,(H,14,18)(H,16,17). The van der Waals surface area contributed by atoms with Crippen molar-refractivity contribution in [2.24, 2.45) is 0 Å². The van der Waals surface area contributed by atoms with Gasteiger partial charge in [-0.2, -0.15) is 11.8 Å². The van der Waals surface area contributed by atoms with Crippen LogP contribution in [0.15, 0.2) is 29.1 Å². The van der Waals surface area contributed by atoms with Gasteiger partial charge in [-0.15, -0.1) is 0 Å². The monoisotopic (exact) mass is 280 g/mol. The first-order valence-corrected chi connectivity index (χ1v) is 7.31. The van der Waals surface area contributed by atoms with Crippen molar-refractivity contribution in [3.05, 3.63) is 34.7 Å². The van der Waals surface area contributed by atoms with Crippen LogP contribution in [0.1, 0.15) is 12.8 Å². The Kier molecular flexibility index (Phi) is 4.68. The molecule has 0 atom stereocenters. The summed E-state index contributed by atoms with van der Waals surface area (Å²) in [6.45, 7) is 0.656. The van der Waals surface area contributed by atoms with Gasteiger partial charge in [-0.05, 0) is 24.3 Å². The van der Waals surface area contributed by atoms with E-state index in [1.807, 2.05) is 24.3 Å². The SMILES string of the molecule is O=C(O)CCSCCCn1c(=O)[nH]c2ccccc21. The molecule has 0 aliphatic heterocycles. The van der Waals surface area contributed by atoms with Gasteiger partial charge in [0.1, 0.15) is 0 Å². The molecule has 19 heavy (non-hydrogen) atoms. The number of aromatic amines is 1. The molecule has 0 radical (unpaired) electrons. The molecule has 1 aromatic carbocycles. The lowest BCUT2D eigenvalue weighted by Gasteiger charge is -2.03. The second-order valence-electron chi connectivity index (χ2n) is 4.21. The van der Waals surface area contributed by atoms with Crippen LogP contribution in [0, 0.1) is 0 Å². The molecular weight excluding hydrogens is 264 g/mol. The maximum atomic E-state index is 11.8. The van der Waals surface area contributed by atoms with Gasteiger partial charge in [0.05, 0.1) is 17.5 Å². The van der Waals surface area contributed by atoms with Gasteiger partial charge in [-0.3, -0.25) is 9.36 Å². The molecule has 2 aromatic rings. The third-order valence-electron chi connectivity index (χ3n) is 2.81. The summed E-state index contributed by atoms with van der Waals surface area (Å²) in [5.41, 5.74) is 1.69. The molecule has 6 heteroatoms. The molecule has 5 nitrogen and oxygen atoms in total. The van der Waals surface area contributed by atoms with Crippen LogP contribution in [-0.4, -0.2) is 32.1 Å². The Bertz CT molecular complexity index is 618. The van der Waals surface area contributed by atoms with Crippen molar-refractivity contribution in [1.29, 1.82) is 0 Å². The Labute approximate surface area is 114 Å². The van der Waals surface area contributed by atoms with Crippen LogP contribution in [0.3, 0.4) is 0 Å². The first-order chi connectivity index (χ1) is 9.18. The zero-order valence-corrected chi connectivity index (χ0v) is 11.3. The molecule has 0 fully saturated rings. The number of carbonyl (C=O) groups is 1. The molecule has 1 heterocycles. The molecule has 2 N–H and O–H groups in total. The van der Waals surface area contributed by atoms with E-state index in [2.05, 4.69) is 4.98 Å². The summed E-state index contributed by atoms with van der Waals surface area (Å²) in [6, 6.07) is 7.61. The molecule has 0 aliphatic carbocycles. The van der Waals surface area contributed by atoms with Crippen molar-refractivity contribution < 1.29 is 9.90 Å². The summed E-state index contributed by atoms with van der Waals surface area (Å²) in [6.07, 6.45) is 1.05. The zero-order chi connectivity index (χ0) is 13.7. The van der Waals surface area contributed by atoms with Crippen molar-refractivity contribution in [2.75, 3.05) is 11.5 Å². The number of aryl methyl sites for hydroxylation is 1. The number of benzene rings is 1. The van der Waals surface area contributed by atoms with Crippen molar-refractivity contribution in [3.8, 4) is 0 Å². The maximum absolute atomic E-state index is 11.8. The van der Waals surface area contributed by atoms with Gasteiger partial charge in [0.2, 0.25) is 0 Å². The molecule has 102 valence electrons. The summed E-state index contributed by atoms with van der Waals surface area (Å²) >= 11 is 1.61. The zero-order valence-electron chi connectivity index (χ0n) is 10.5. The van der Waals surface area contributed by atoms with Crippen molar-refractivity contribution in [2.45, 2.75) is 19.4 Å². The van der Waals surface area contributed by atoms with E-state index in [0.29, 0.717) is 12.3 Å². The van der Waals surface area contributed by atoms with Crippen molar-refractivity contribution in [1.82, 2.24) is 9.55 Å². The summed E-state index contributed by atoms with van der Waals surface area (Å²) in [5.74, 6) is 0.720. The fraction of sp³-hybridized carbons (Fsp3) is 0.385. The molecule has 0 saturated heterocycles. The van der Waals surface area contributed by atoms with Crippen LogP contribution in [0.2, 0.25) is 0 Å². The normalized spacial score (nSPS) is 10.9. The van der Waals surface area contributed by atoms with Crippen LogP contribution in [0.4, 0.5) is 0 Å². The van der Waals surface area contributed by atoms with Gasteiger partial charge >= 0.3 is 11.7 Å². The Balaban J connectivity index is 1.86. The number of hydrogen-bond acceptors (Lipinski definition) is 3. The third kappa shape index (κ3) is 3.64. The number of thioether (sulfide) groups is 1. The highest BCUT2D eigenvalue weighted by atomic mass is 32.2. The van der Waals surface area contributed by atoms with Gasteiger partial charge in [0.25, 0.3) is 0 Å². The summed E-state index contributed by atoms with van der Waals surface area (Å²) in [4.78, 5) is 24.9. The van der Waals surface area contributed by atoms with Gasteiger partial charge in [-0.25, -0.2) is 4.79 Å². The quantitative estimate of drug-likeness (QED) is 0.760. The van der Waals surface area contributed by atoms with E-state index in [1.54, 1.807) is 16.3 Å². The van der Waals surface area contributed by atoms with E-state index in [4.69, 9.17) is 5.11 Å². The van der Waals surface area contributed by atoms with Crippen LogP contribution in [0.25, 0.3) is 11.0 Å². The fourth-order valence-corrected chi connectivity index (χ4v) is 2.77. The minimum atomic E-state index is -0.764. The average Bonchev–Trinajstić information content (AvgIpc) is 2.69. The number of fused-ring (bicyclic) bond motifs is 1. The molecular formula is C13H16N2O3S. The van der Waals surface area contributed by atoms with E-state index < -0.39 is 5.97 Å². The minimum Gasteiger partial charge on any atom is -0.481 e. The van der Waals surface area contributed by atoms with E-state index >= 15 is 0 Å². The van der Waals surface area contributed by atoms with Crippen LogP contribution >= 0.6 is 11.8 Å². The maximum Gasteiger partial charge on any atom is 0.326 e. The number of carboxylic acids is 1.